The lowest BCUT2D eigenvalue weighted by Crippen LogP contribution is -2.28. The average molecular weight is 568 g/mol. The molecule has 3 aromatic rings. The van der Waals surface area contributed by atoms with Crippen molar-refractivity contribution >= 4 is 45.0 Å². The molecule has 0 aliphatic heterocycles. The third-order valence-corrected chi connectivity index (χ3v) is 5.92. The maximum atomic E-state index is 12.9. The lowest BCUT2D eigenvalue weighted by Gasteiger charge is -2.32. The summed E-state index contributed by atoms with van der Waals surface area (Å²) in [5.41, 5.74) is 7.29. The summed E-state index contributed by atoms with van der Waals surface area (Å²) >= 11 is 3.37. The fourth-order valence-electron chi connectivity index (χ4n) is 3.53. The van der Waals surface area contributed by atoms with Gasteiger partial charge in [0.05, 0.1) is 18.0 Å². The van der Waals surface area contributed by atoms with Crippen molar-refractivity contribution in [3.8, 4) is 5.75 Å². The van der Waals surface area contributed by atoms with Gasteiger partial charge in [-0.05, 0) is 60.2 Å². The van der Waals surface area contributed by atoms with Crippen molar-refractivity contribution in [2.45, 2.75) is 20.0 Å². The van der Waals surface area contributed by atoms with Gasteiger partial charge in [0.2, 0.25) is 5.91 Å². The van der Waals surface area contributed by atoms with Crippen LogP contribution in [0.4, 0.5) is 21.9 Å². The minimum absolute atomic E-state index is 0.130. The maximum Gasteiger partial charge on any atom is 0.412 e. The number of aliphatic hydroxyl groups is 1. The summed E-state index contributed by atoms with van der Waals surface area (Å²) in [6, 6.07) is 21.1. The van der Waals surface area contributed by atoms with Gasteiger partial charge in [-0.15, -0.1) is 0 Å². The van der Waals surface area contributed by atoms with E-state index in [2.05, 4.69) is 26.6 Å². The van der Waals surface area contributed by atoms with Gasteiger partial charge in [-0.1, -0.05) is 60.1 Å². The standard InChI is InChI=1S/C28H30BrN3O5/c1-28(2,15-14-25(34)32-24-9-4-3-8-23(24)30)26(19-6-5-7-22(18-19)36-17-16-33)37-27(35)31-21-12-10-20(29)11-13-21/h3-15,18,26,33H,16-17,30H2,1-2H3,(H,31,35)(H,32,34)/b15-14+/t26-/m1/s1. The van der Waals surface area contributed by atoms with E-state index < -0.39 is 17.6 Å². The summed E-state index contributed by atoms with van der Waals surface area (Å²) in [6.07, 6.45) is 1.63. The first-order valence-corrected chi connectivity index (χ1v) is 12.4. The van der Waals surface area contributed by atoms with Gasteiger partial charge in [-0.25, -0.2) is 4.79 Å². The number of halogens is 1. The highest BCUT2D eigenvalue weighted by Crippen LogP contribution is 2.39. The Balaban J connectivity index is 1.84. The average Bonchev–Trinajstić information content (AvgIpc) is 2.88. The minimum atomic E-state index is -0.813. The quantitative estimate of drug-likeness (QED) is 0.178. The van der Waals surface area contributed by atoms with E-state index in [1.54, 1.807) is 72.8 Å². The number of carbonyl (C=O) groups excluding carboxylic acids is 2. The second-order valence-electron chi connectivity index (χ2n) is 8.79. The number of nitrogens with one attached hydrogen (secondary N) is 2. The molecule has 0 aromatic heterocycles. The van der Waals surface area contributed by atoms with Crippen molar-refractivity contribution in [1.29, 1.82) is 0 Å². The summed E-state index contributed by atoms with van der Waals surface area (Å²) in [5.74, 6) is 0.148. The number of hydrogen-bond acceptors (Lipinski definition) is 6. The van der Waals surface area contributed by atoms with Gasteiger partial charge in [0.15, 0.2) is 0 Å². The van der Waals surface area contributed by atoms with Gasteiger partial charge in [0, 0.05) is 15.6 Å². The second kappa shape index (κ2) is 12.9. The Labute approximate surface area is 224 Å². The van der Waals surface area contributed by atoms with E-state index in [-0.39, 0.29) is 19.1 Å². The Morgan fingerprint density at radius 2 is 1.78 bits per heavy atom. The van der Waals surface area contributed by atoms with Crippen LogP contribution in [-0.2, 0) is 9.53 Å². The van der Waals surface area contributed by atoms with Gasteiger partial charge in [-0.2, -0.15) is 0 Å². The summed E-state index contributed by atoms with van der Waals surface area (Å²) in [5, 5.41) is 14.6. The highest BCUT2D eigenvalue weighted by molar-refractivity contribution is 9.10. The summed E-state index contributed by atoms with van der Waals surface area (Å²) in [6.45, 7) is 3.71. The summed E-state index contributed by atoms with van der Waals surface area (Å²) in [7, 11) is 0. The molecule has 0 fully saturated rings. The topological polar surface area (TPSA) is 123 Å². The van der Waals surface area contributed by atoms with Crippen LogP contribution in [0, 0.1) is 5.41 Å². The van der Waals surface area contributed by atoms with E-state index in [0.717, 1.165) is 4.47 Å². The van der Waals surface area contributed by atoms with Gasteiger partial charge in [0.25, 0.3) is 0 Å². The number of rotatable bonds is 10. The molecule has 3 rings (SSSR count). The predicted octanol–water partition coefficient (Wildman–Crippen LogP) is 5.91. The van der Waals surface area contributed by atoms with Crippen molar-refractivity contribution in [3.63, 3.8) is 0 Å². The van der Waals surface area contributed by atoms with Crippen molar-refractivity contribution in [2.75, 3.05) is 29.6 Å². The molecule has 0 aliphatic rings. The van der Waals surface area contributed by atoms with E-state index in [9.17, 15) is 9.59 Å². The van der Waals surface area contributed by atoms with E-state index in [1.165, 1.54) is 6.08 Å². The molecule has 9 heteroatoms. The summed E-state index contributed by atoms with van der Waals surface area (Å²) in [4.78, 5) is 25.5. The van der Waals surface area contributed by atoms with Crippen molar-refractivity contribution in [2.24, 2.45) is 5.41 Å². The molecule has 0 saturated carbocycles. The fourth-order valence-corrected chi connectivity index (χ4v) is 3.80. The van der Waals surface area contributed by atoms with Gasteiger partial charge >= 0.3 is 6.09 Å². The molecule has 194 valence electrons. The Morgan fingerprint density at radius 1 is 1.05 bits per heavy atom. The lowest BCUT2D eigenvalue weighted by atomic mass is 9.82. The molecule has 8 nitrogen and oxygen atoms in total. The second-order valence-corrected chi connectivity index (χ2v) is 9.71. The molecule has 2 amide bonds. The smallest absolute Gasteiger partial charge is 0.412 e. The Hall–Kier alpha value is -3.82. The van der Waals surface area contributed by atoms with Crippen LogP contribution in [0.3, 0.4) is 0 Å². The lowest BCUT2D eigenvalue weighted by molar-refractivity contribution is -0.112. The number of anilines is 3. The number of nitrogens with two attached hydrogens (primary N) is 1. The SMILES string of the molecule is CC(C)(/C=C/C(=O)Nc1ccccc1N)[C@H](OC(=O)Nc1ccc(Br)cc1)c1cccc(OCCO)c1. The fraction of sp³-hybridized carbons (Fsp3) is 0.214. The van der Waals surface area contributed by atoms with Gasteiger partial charge in [0.1, 0.15) is 18.5 Å². The number of hydrogen-bond donors (Lipinski definition) is 4. The third kappa shape index (κ3) is 8.37. The highest BCUT2D eigenvalue weighted by atomic mass is 79.9. The predicted molar refractivity (Wildman–Crippen MR) is 148 cm³/mol. The third-order valence-electron chi connectivity index (χ3n) is 5.40. The first kappa shape index (κ1) is 27.8. The van der Waals surface area contributed by atoms with Crippen LogP contribution in [0.1, 0.15) is 25.5 Å². The molecule has 0 saturated heterocycles. The largest absolute Gasteiger partial charge is 0.491 e. The van der Waals surface area contributed by atoms with Crippen molar-refractivity contribution < 1.29 is 24.2 Å². The molecule has 0 spiro atoms. The summed E-state index contributed by atoms with van der Waals surface area (Å²) < 4.78 is 12.3. The van der Waals surface area contributed by atoms with Crippen LogP contribution >= 0.6 is 15.9 Å². The number of amides is 2. The van der Waals surface area contributed by atoms with E-state index in [1.807, 2.05) is 19.9 Å². The molecular weight excluding hydrogens is 538 g/mol. The zero-order valence-corrected chi connectivity index (χ0v) is 22.2. The zero-order chi connectivity index (χ0) is 26.8. The van der Waals surface area contributed by atoms with Crippen LogP contribution in [0.2, 0.25) is 0 Å². The van der Waals surface area contributed by atoms with Crippen molar-refractivity contribution in [1.82, 2.24) is 0 Å². The molecule has 5 N–H and O–H groups in total. The van der Waals surface area contributed by atoms with Crippen LogP contribution in [0.25, 0.3) is 0 Å². The first-order valence-electron chi connectivity index (χ1n) is 11.6. The van der Waals surface area contributed by atoms with E-state index in [0.29, 0.717) is 28.4 Å². The Morgan fingerprint density at radius 3 is 2.49 bits per heavy atom. The monoisotopic (exact) mass is 567 g/mol. The van der Waals surface area contributed by atoms with Crippen LogP contribution in [0.5, 0.6) is 5.75 Å². The molecule has 3 aromatic carbocycles. The molecule has 0 bridgehead atoms. The van der Waals surface area contributed by atoms with Crippen LogP contribution in [0.15, 0.2) is 89.4 Å². The Kier molecular flexibility index (Phi) is 9.71. The normalized spacial score (nSPS) is 12.1. The van der Waals surface area contributed by atoms with Gasteiger partial charge in [-0.3, -0.25) is 10.1 Å². The van der Waals surface area contributed by atoms with E-state index in [4.69, 9.17) is 20.3 Å². The Bertz CT molecular complexity index is 1240. The highest BCUT2D eigenvalue weighted by Gasteiger charge is 2.33. The number of carbonyl (C=O) groups is 2. The molecule has 0 aliphatic carbocycles. The molecule has 37 heavy (non-hydrogen) atoms. The van der Waals surface area contributed by atoms with Crippen LogP contribution in [-0.4, -0.2) is 30.3 Å². The van der Waals surface area contributed by atoms with Crippen LogP contribution < -0.4 is 21.1 Å². The molecule has 0 unspecified atom stereocenters. The number of nitrogen functional groups attached to an aromatic ring is 1. The number of para-hydroxylation sites is 2. The number of ether oxygens (including phenoxy) is 2. The molecule has 1 atom stereocenters. The van der Waals surface area contributed by atoms with E-state index >= 15 is 0 Å². The number of aliphatic hydroxyl groups excluding tert-OH is 1. The maximum absolute atomic E-state index is 12.9. The van der Waals surface area contributed by atoms with Crippen molar-refractivity contribution in [3.05, 3.63) is 95.0 Å². The molecule has 0 heterocycles. The first-order chi connectivity index (χ1) is 17.7. The molecular formula is C28H30BrN3O5. The van der Waals surface area contributed by atoms with Gasteiger partial charge < -0.3 is 25.6 Å². The minimum Gasteiger partial charge on any atom is -0.491 e. The number of benzene rings is 3. The zero-order valence-electron chi connectivity index (χ0n) is 20.6. The molecule has 0 radical (unpaired) electrons.